The van der Waals surface area contributed by atoms with E-state index in [1.54, 1.807) is 6.07 Å². The number of nitrogens with zero attached hydrogens (tertiary/aromatic N) is 1. The second-order valence-corrected chi connectivity index (χ2v) is 13.6. The zero-order chi connectivity index (χ0) is 35.0. The molecule has 48 heavy (non-hydrogen) atoms. The molecule has 14 heteroatoms. The molecule has 1 heterocycles. The molecule has 5 rings (SSSR count). The average Bonchev–Trinajstić information content (AvgIpc) is 3.51. The van der Waals surface area contributed by atoms with Crippen molar-refractivity contribution in [1.29, 1.82) is 0 Å². The number of hydrogen-bond acceptors (Lipinski definition) is 6. The molecule has 2 N–H and O–H groups in total. The Bertz CT molecular complexity index is 1800. The van der Waals surface area contributed by atoms with Crippen LogP contribution in [0.2, 0.25) is 0 Å². The average molecular weight is 713 g/mol. The molecule has 1 fully saturated rings. The number of methoxy groups -OCH3 is 1. The number of alkyl halides is 6. The molecule has 0 bridgehead atoms. The molecule has 0 radical (unpaired) electrons. The van der Waals surface area contributed by atoms with E-state index in [1.807, 2.05) is 0 Å². The summed E-state index contributed by atoms with van der Waals surface area (Å²) in [4.78, 5) is 15.5. The molecule has 0 amide bonds. The van der Waals surface area contributed by atoms with Gasteiger partial charge in [0.25, 0.3) is 0 Å². The maximum absolute atomic E-state index is 14.4. The fourth-order valence-corrected chi connectivity index (χ4v) is 7.68. The SMILES string of the molecule is COc1cc(C(=O)O)c(F)cc1NSc1csc(-c2ccc(-c3ccc(C4CCC(C(C)C)CC4)cc3C(F)(F)F)cc2C(F)(F)F)n1. The zero-order valence-corrected chi connectivity index (χ0v) is 27.6. The molecule has 256 valence electrons. The molecule has 0 unspecified atom stereocenters. The van der Waals surface area contributed by atoms with Gasteiger partial charge >= 0.3 is 18.3 Å². The van der Waals surface area contributed by atoms with E-state index in [9.17, 15) is 35.5 Å². The van der Waals surface area contributed by atoms with E-state index in [0.29, 0.717) is 17.4 Å². The number of aromatic nitrogens is 1. The first-order valence-electron chi connectivity index (χ1n) is 15.0. The van der Waals surface area contributed by atoms with Gasteiger partial charge in [-0.15, -0.1) is 11.3 Å². The summed E-state index contributed by atoms with van der Waals surface area (Å²) >= 11 is 1.70. The van der Waals surface area contributed by atoms with Gasteiger partial charge in [0.05, 0.1) is 29.5 Å². The minimum Gasteiger partial charge on any atom is -0.495 e. The maximum Gasteiger partial charge on any atom is 0.417 e. The van der Waals surface area contributed by atoms with Crippen molar-refractivity contribution in [2.45, 2.75) is 62.8 Å². The molecule has 1 aromatic heterocycles. The number of carbonyl (C=O) groups is 1. The minimum absolute atomic E-state index is 0.0106. The molecule has 3 aromatic carbocycles. The van der Waals surface area contributed by atoms with E-state index >= 15 is 0 Å². The summed E-state index contributed by atoms with van der Waals surface area (Å²) in [6.45, 7) is 4.28. The number of thiazole rings is 1. The molecule has 0 atom stereocenters. The monoisotopic (exact) mass is 712 g/mol. The number of hydrogen-bond donors (Lipinski definition) is 2. The summed E-state index contributed by atoms with van der Waals surface area (Å²) in [6.07, 6.45) is -6.34. The minimum atomic E-state index is -4.91. The van der Waals surface area contributed by atoms with Crippen LogP contribution in [-0.2, 0) is 12.4 Å². The Morgan fingerprint density at radius 2 is 1.60 bits per heavy atom. The summed E-state index contributed by atoms with van der Waals surface area (Å²) in [5.74, 6) is -1.54. The summed E-state index contributed by atoms with van der Waals surface area (Å²) in [6, 6.07) is 8.91. The molecule has 1 saturated carbocycles. The third-order valence-electron chi connectivity index (χ3n) is 8.67. The Morgan fingerprint density at radius 1 is 0.958 bits per heavy atom. The third-order valence-corrected chi connectivity index (χ3v) is 10.4. The van der Waals surface area contributed by atoms with Crippen LogP contribution in [0, 0.1) is 17.7 Å². The lowest BCUT2D eigenvalue weighted by Gasteiger charge is -2.31. The van der Waals surface area contributed by atoms with Gasteiger partial charge < -0.3 is 14.6 Å². The number of ether oxygens (including phenoxy) is 1. The fourth-order valence-electron chi connectivity index (χ4n) is 6.06. The number of rotatable bonds is 9. The summed E-state index contributed by atoms with van der Waals surface area (Å²) in [5.41, 5.74) is -3.00. The molecule has 4 aromatic rings. The standard InChI is InChI=1S/C34H31F7N2O3S2/c1-17(2)18-4-6-19(7-5-18)20-8-10-22(25(12-20)33(36,37)38)21-9-11-23(26(13-21)34(39,40)41)31-42-30(16-47-31)48-43-28-15-27(35)24(32(44)45)14-29(28)46-3/h8-19,43H,4-7H2,1-3H3,(H,44,45). The highest BCUT2D eigenvalue weighted by Crippen LogP contribution is 2.46. The Kier molecular flexibility index (Phi) is 10.4. The lowest BCUT2D eigenvalue weighted by atomic mass is 9.74. The second kappa shape index (κ2) is 14.0. The van der Waals surface area contributed by atoms with Gasteiger partial charge in [0, 0.05) is 29.0 Å². The van der Waals surface area contributed by atoms with E-state index in [-0.39, 0.29) is 44.1 Å². The van der Waals surface area contributed by atoms with Crippen LogP contribution in [-0.4, -0.2) is 23.2 Å². The Morgan fingerprint density at radius 3 is 2.21 bits per heavy atom. The number of aromatic carboxylic acids is 1. The normalized spacial score (nSPS) is 17.1. The molecule has 0 saturated heterocycles. The van der Waals surface area contributed by atoms with Gasteiger partial charge in [0.1, 0.15) is 21.6 Å². The smallest absolute Gasteiger partial charge is 0.417 e. The predicted octanol–water partition coefficient (Wildman–Crippen LogP) is 11.4. The number of carboxylic acid groups (broad SMARTS) is 1. The van der Waals surface area contributed by atoms with Crippen molar-refractivity contribution in [2.75, 3.05) is 11.8 Å². The van der Waals surface area contributed by atoms with Gasteiger partial charge in [-0.1, -0.05) is 38.1 Å². The topological polar surface area (TPSA) is 71.5 Å². The Balaban J connectivity index is 1.43. The highest BCUT2D eigenvalue weighted by molar-refractivity contribution is 8.00. The zero-order valence-electron chi connectivity index (χ0n) is 25.9. The van der Waals surface area contributed by atoms with E-state index < -0.39 is 40.8 Å². The lowest BCUT2D eigenvalue weighted by molar-refractivity contribution is -0.137. The number of anilines is 1. The lowest BCUT2D eigenvalue weighted by Crippen LogP contribution is -2.18. The van der Waals surface area contributed by atoms with Crippen LogP contribution in [0.3, 0.4) is 0 Å². The predicted molar refractivity (Wildman–Crippen MR) is 172 cm³/mol. The fraction of sp³-hybridized carbons (Fsp3) is 0.353. The number of benzene rings is 3. The Labute approximate surface area is 280 Å². The quantitative estimate of drug-likeness (QED) is 0.133. The summed E-state index contributed by atoms with van der Waals surface area (Å²) in [5, 5.41) is 10.7. The van der Waals surface area contributed by atoms with E-state index in [0.717, 1.165) is 79.3 Å². The molecule has 1 aliphatic rings. The van der Waals surface area contributed by atoms with Gasteiger partial charge in [0.2, 0.25) is 0 Å². The molecular weight excluding hydrogens is 682 g/mol. The van der Waals surface area contributed by atoms with Crippen LogP contribution in [0.1, 0.15) is 72.5 Å². The third kappa shape index (κ3) is 7.75. The summed E-state index contributed by atoms with van der Waals surface area (Å²) in [7, 11) is 1.25. The van der Waals surface area contributed by atoms with Crippen molar-refractivity contribution in [3.63, 3.8) is 0 Å². The van der Waals surface area contributed by atoms with Gasteiger partial charge in [-0.2, -0.15) is 26.3 Å². The first-order valence-corrected chi connectivity index (χ1v) is 16.7. The van der Waals surface area contributed by atoms with Crippen LogP contribution < -0.4 is 9.46 Å². The van der Waals surface area contributed by atoms with Crippen LogP contribution in [0.4, 0.5) is 36.4 Å². The van der Waals surface area contributed by atoms with E-state index in [4.69, 9.17) is 9.84 Å². The van der Waals surface area contributed by atoms with Crippen molar-refractivity contribution in [1.82, 2.24) is 4.98 Å². The second-order valence-electron chi connectivity index (χ2n) is 11.9. The molecule has 0 aliphatic heterocycles. The van der Waals surface area contributed by atoms with Gasteiger partial charge in [0.15, 0.2) is 0 Å². The van der Waals surface area contributed by atoms with Crippen LogP contribution in [0.5, 0.6) is 5.75 Å². The highest BCUT2D eigenvalue weighted by Gasteiger charge is 2.38. The summed E-state index contributed by atoms with van der Waals surface area (Å²) < 4.78 is 108. The van der Waals surface area contributed by atoms with Crippen LogP contribution >= 0.6 is 23.3 Å². The van der Waals surface area contributed by atoms with Crippen LogP contribution in [0.15, 0.2) is 58.9 Å². The van der Waals surface area contributed by atoms with Gasteiger partial charge in [-0.05, 0) is 78.3 Å². The van der Waals surface area contributed by atoms with Gasteiger partial charge in [-0.3, -0.25) is 0 Å². The van der Waals surface area contributed by atoms with Gasteiger partial charge in [-0.25, -0.2) is 14.2 Å². The molecular formula is C34H31F7N2O3S2. The number of halogens is 7. The molecule has 1 aliphatic carbocycles. The highest BCUT2D eigenvalue weighted by atomic mass is 32.2. The van der Waals surface area contributed by atoms with Crippen molar-refractivity contribution in [3.8, 4) is 27.4 Å². The van der Waals surface area contributed by atoms with E-state index in [2.05, 4.69) is 23.6 Å². The largest absolute Gasteiger partial charge is 0.495 e. The first-order chi connectivity index (χ1) is 22.6. The van der Waals surface area contributed by atoms with E-state index in [1.165, 1.54) is 24.6 Å². The Hall–Kier alpha value is -3.78. The number of carboxylic acids is 1. The van der Waals surface area contributed by atoms with Crippen molar-refractivity contribution < 1.29 is 45.4 Å². The molecule has 0 spiro atoms. The van der Waals surface area contributed by atoms with Crippen molar-refractivity contribution in [2.24, 2.45) is 11.8 Å². The first kappa shape index (κ1) is 35.5. The van der Waals surface area contributed by atoms with Crippen molar-refractivity contribution in [3.05, 3.63) is 82.0 Å². The van der Waals surface area contributed by atoms with Crippen LogP contribution in [0.25, 0.3) is 21.7 Å². The van der Waals surface area contributed by atoms with Crippen molar-refractivity contribution >= 4 is 34.9 Å². The number of nitrogens with one attached hydrogen (secondary N) is 1. The maximum atomic E-state index is 14.4. The molecule has 5 nitrogen and oxygen atoms in total.